The highest BCUT2D eigenvalue weighted by molar-refractivity contribution is 7.89. The van der Waals surface area contributed by atoms with Gasteiger partial charge in [0.1, 0.15) is 17.9 Å². The maximum absolute atomic E-state index is 13.2. The highest BCUT2D eigenvalue weighted by Gasteiger charge is 2.28. The number of hydrogen-bond donors (Lipinski definition) is 2. The Balaban J connectivity index is 2.40. The van der Waals surface area contributed by atoms with Crippen LogP contribution >= 0.6 is 0 Å². The van der Waals surface area contributed by atoms with Gasteiger partial charge in [-0.2, -0.15) is 4.31 Å². The van der Waals surface area contributed by atoms with Gasteiger partial charge in [0.2, 0.25) is 10.0 Å². The molecule has 0 heterocycles. The number of methoxy groups -OCH3 is 1. The van der Waals surface area contributed by atoms with Crippen LogP contribution in [0.5, 0.6) is 5.75 Å². The Labute approximate surface area is 181 Å². The van der Waals surface area contributed by atoms with Crippen LogP contribution in [0, 0.1) is 0 Å². The molecule has 0 spiro atoms. The molecule has 0 aromatic heterocycles. The monoisotopic (exact) mass is 450 g/mol. The molecular formula is C21H26N2O7S. The Morgan fingerprint density at radius 3 is 2.29 bits per heavy atom. The molecule has 2 N–H and O–H groups in total. The van der Waals surface area contributed by atoms with E-state index in [1.165, 1.54) is 25.3 Å². The lowest BCUT2D eigenvalue weighted by molar-refractivity contribution is -0.137. The highest BCUT2D eigenvalue weighted by atomic mass is 32.2. The van der Waals surface area contributed by atoms with E-state index in [0.717, 1.165) is 4.31 Å². The van der Waals surface area contributed by atoms with Crippen molar-refractivity contribution in [2.75, 3.05) is 19.0 Å². The Bertz CT molecular complexity index is 1030. The minimum atomic E-state index is -4.21. The zero-order chi connectivity index (χ0) is 23.2. The molecule has 31 heavy (non-hydrogen) atoms. The molecule has 0 aliphatic carbocycles. The van der Waals surface area contributed by atoms with Crippen molar-refractivity contribution in [3.05, 3.63) is 54.1 Å². The molecular weight excluding hydrogens is 424 g/mol. The normalized spacial score (nSPS) is 11.8. The summed E-state index contributed by atoms with van der Waals surface area (Å²) in [6.07, 6.45) is -0.785. The Morgan fingerprint density at radius 1 is 1.10 bits per heavy atom. The van der Waals surface area contributed by atoms with Gasteiger partial charge in [-0.15, -0.1) is 0 Å². The average molecular weight is 451 g/mol. The third-order valence-corrected chi connectivity index (χ3v) is 5.75. The van der Waals surface area contributed by atoms with E-state index < -0.39 is 34.2 Å². The molecule has 0 unspecified atom stereocenters. The summed E-state index contributed by atoms with van der Waals surface area (Å²) in [7, 11) is -2.84. The van der Waals surface area contributed by atoms with Gasteiger partial charge in [0.05, 0.1) is 17.7 Å². The van der Waals surface area contributed by atoms with Gasteiger partial charge in [-0.25, -0.2) is 13.2 Å². The highest BCUT2D eigenvalue weighted by Crippen LogP contribution is 2.30. The maximum atomic E-state index is 13.2. The van der Waals surface area contributed by atoms with Gasteiger partial charge in [0.25, 0.3) is 0 Å². The summed E-state index contributed by atoms with van der Waals surface area (Å²) in [5.41, 5.74) is -0.0460. The van der Waals surface area contributed by atoms with E-state index in [0.29, 0.717) is 5.56 Å². The number of benzene rings is 2. The van der Waals surface area contributed by atoms with Crippen LogP contribution in [-0.4, -0.2) is 49.1 Å². The summed E-state index contributed by atoms with van der Waals surface area (Å²) in [6.45, 7) is 4.22. The van der Waals surface area contributed by atoms with Crippen LogP contribution < -0.4 is 10.1 Å². The first kappa shape index (κ1) is 24.2. The number of carboxylic acid groups (broad SMARTS) is 1. The Hall–Kier alpha value is -3.11. The average Bonchev–Trinajstić information content (AvgIpc) is 2.66. The van der Waals surface area contributed by atoms with E-state index in [1.54, 1.807) is 51.1 Å². The number of sulfonamides is 1. The zero-order valence-electron chi connectivity index (χ0n) is 17.8. The number of nitrogens with zero attached hydrogens (tertiary/aromatic N) is 1. The van der Waals surface area contributed by atoms with Gasteiger partial charge < -0.3 is 14.6 Å². The van der Waals surface area contributed by atoms with Gasteiger partial charge >= 0.3 is 12.1 Å². The fraction of sp³-hybridized carbons (Fsp3) is 0.333. The zero-order valence-corrected chi connectivity index (χ0v) is 18.6. The first-order chi connectivity index (χ1) is 14.4. The molecule has 0 radical (unpaired) electrons. The number of ether oxygens (including phenoxy) is 2. The molecule has 1 amide bonds. The molecule has 0 atom stereocenters. The van der Waals surface area contributed by atoms with Crippen molar-refractivity contribution in [3.63, 3.8) is 0 Å². The van der Waals surface area contributed by atoms with Crippen molar-refractivity contribution < 1.29 is 32.6 Å². The second-order valence-electron chi connectivity index (χ2n) is 7.64. The van der Waals surface area contributed by atoms with E-state index in [9.17, 15) is 23.1 Å². The number of rotatable bonds is 8. The molecule has 9 nitrogen and oxygen atoms in total. The number of carboxylic acids is 1. The summed E-state index contributed by atoms with van der Waals surface area (Å²) in [5.74, 6) is -1.07. The van der Waals surface area contributed by atoms with Crippen molar-refractivity contribution in [2.24, 2.45) is 0 Å². The van der Waals surface area contributed by atoms with E-state index in [2.05, 4.69) is 5.32 Å². The number of hydrogen-bond acceptors (Lipinski definition) is 6. The van der Waals surface area contributed by atoms with Crippen molar-refractivity contribution in [2.45, 2.75) is 37.8 Å². The molecule has 0 saturated carbocycles. The lowest BCUT2D eigenvalue weighted by Gasteiger charge is -2.22. The van der Waals surface area contributed by atoms with Crippen LogP contribution in [0.15, 0.2) is 53.4 Å². The molecule has 0 aliphatic rings. The van der Waals surface area contributed by atoms with Crippen LogP contribution in [0.1, 0.15) is 26.3 Å². The largest absolute Gasteiger partial charge is 0.495 e. The van der Waals surface area contributed by atoms with Crippen molar-refractivity contribution >= 4 is 27.8 Å². The van der Waals surface area contributed by atoms with E-state index in [4.69, 9.17) is 9.47 Å². The van der Waals surface area contributed by atoms with Gasteiger partial charge in [0.15, 0.2) is 0 Å². The van der Waals surface area contributed by atoms with Crippen LogP contribution in [0.4, 0.5) is 10.5 Å². The number of anilines is 1. The fourth-order valence-corrected chi connectivity index (χ4v) is 4.08. The predicted octanol–water partition coefficient (Wildman–Crippen LogP) is 3.32. The minimum absolute atomic E-state index is 0.0767. The molecule has 0 aliphatic heterocycles. The lowest BCUT2D eigenvalue weighted by Crippen LogP contribution is -2.35. The summed E-state index contributed by atoms with van der Waals surface area (Å²) < 4.78 is 37.7. The SMILES string of the molecule is COc1ccc(S(=O)(=O)N(CC(=O)O)Cc2ccccc2)cc1NC(=O)OC(C)(C)C. The predicted molar refractivity (Wildman–Crippen MR) is 115 cm³/mol. The summed E-state index contributed by atoms with van der Waals surface area (Å²) in [6, 6.07) is 12.5. The van der Waals surface area contributed by atoms with E-state index in [-0.39, 0.29) is 22.9 Å². The maximum Gasteiger partial charge on any atom is 0.412 e. The van der Waals surface area contributed by atoms with Crippen molar-refractivity contribution in [3.8, 4) is 5.75 Å². The number of carbonyl (C=O) groups is 2. The van der Waals surface area contributed by atoms with Gasteiger partial charge in [0, 0.05) is 6.54 Å². The fourth-order valence-electron chi connectivity index (χ4n) is 2.67. The smallest absolute Gasteiger partial charge is 0.412 e. The molecule has 168 valence electrons. The van der Waals surface area contributed by atoms with Gasteiger partial charge in [-0.3, -0.25) is 10.1 Å². The lowest BCUT2D eigenvalue weighted by atomic mass is 10.2. The molecule has 2 aromatic rings. The third kappa shape index (κ3) is 6.97. The van der Waals surface area contributed by atoms with Crippen molar-refractivity contribution in [1.82, 2.24) is 4.31 Å². The number of carbonyl (C=O) groups excluding carboxylic acids is 1. The molecule has 0 saturated heterocycles. The van der Waals surface area contributed by atoms with E-state index >= 15 is 0 Å². The topological polar surface area (TPSA) is 122 Å². The Kier molecular flexibility index (Phi) is 7.64. The molecule has 0 bridgehead atoms. The summed E-state index contributed by atoms with van der Waals surface area (Å²) in [5, 5.41) is 11.7. The number of amides is 1. The van der Waals surface area contributed by atoms with Crippen LogP contribution in [0.2, 0.25) is 0 Å². The summed E-state index contributed by atoms with van der Waals surface area (Å²) in [4.78, 5) is 23.3. The van der Waals surface area contributed by atoms with Crippen LogP contribution in [0.3, 0.4) is 0 Å². The second-order valence-corrected chi connectivity index (χ2v) is 9.58. The van der Waals surface area contributed by atoms with Gasteiger partial charge in [-0.05, 0) is 44.5 Å². The van der Waals surface area contributed by atoms with Crippen LogP contribution in [0.25, 0.3) is 0 Å². The molecule has 2 rings (SSSR count). The second kappa shape index (κ2) is 9.80. The Morgan fingerprint density at radius 2 is 1.74 bits per heavy atom. The standard InChI is InChI=1S/C21H26N2O7S/c1-21(2,3)30-20(26)22-17-12-16(10-11-18(17)29-4)31(27,28)23(14-19(24)25)13-15-8-6-5-7-9-15/h5-12H,13-14H2,1-4H3,(H,22,26)(H,24,25). The van der Waals surface area contributed by atoms with Crippen molar-refractivity contribution in [1.29, 1.82) is 0 Å². The van der Waals surface area contributed by atoms with Gasteiger partial charge in [-0.1, -0.05) is 30.3 Å². The first-order valence-corrected chi connectivity index (χ1v) is 10.8. The summed E-state index contributed by atoms with van der Waals surface area (Å²) >= 11 is 0. The van der Waals surface area contributed by atoms with Crippen LogP contribution in [-0.2, 0) is 26.1 Å². The molecule has 2 aromatic carbocycles. The molecule has 10 heteroatoms. The minimum Gasteiger partial charge on any atom is -0.495 e. The first-order valence-electron chi connectivity index (χ1n) is 9.36. The number of nitrogens with one attached hydrogen (secondary N) is 1. The number of aliphatic carboxylic acids is 1. The third-order valence-electron chi connectivity index (χ3n) is 3.96. The van der Waals surface area contributed by atoms with E-state index in [1.807, 2.05) is 0 Å². The molecule has 0 fully saturated rings. The quantitative estimate of drug-likeness (QED) is 0.632.